The molecule has 0 N–H and O–H groups in total. The van der Waals surface area contributed by atoms with Crippen LogP contribution in [0.1, 0.15) is 17.4 Å². The molecule has 0 fully saturated rings. The zero-order valence-electron chi connectivity index (χ0n) is 12.0. The largest absolute Gasteiger partial charge is 0.461 e. The van der Waals surface area contributed by atoms with E-state index in [9.17, 15) is 4.79 Å². The molecule has 5 nitrogen and oxygen atoms in total. The first-order chi connectivity index (χ1) is 10.8. The van der Waals surface area contributed by atoms with E-state index in [1.807, 2.05) is 36.4 Å². The average molecular weight is 294 g/mol. The van der Waals surface area contributed by atoms with Crippen molar-refractivity contribution < 1.29 is 13.9 Å². The quantitative estimate of drug-likeness (QED) is 0.688. The summed E-state index contributed by atoms with van der Waals surface area (Å²) in [6.07, 6.45) is 3.28. The lowest BCUT2D eigenvalue weighted by molar-refractivity contribution is 0.0520. The van der Waals surface area contributed by atoms with Crippen LogP contribution in [0.4, 0.5) is 0 Å². The minimum Gasteiger partial charge on any atom is -0.461 e. The Kier molecular flexibility index (Phi) is 3.96. The molecule has 0 unspecified atom stereocenters. The molecule has 2 aromatic heterocycles. The summed E-state index contributed by atoms with van der Waals surface area (Å²) in [5.74, 6) is 0.236. The molecule has 0 atom stereocenters. The summed E-state index contributed by atoms with van der Waals surface area (Å²) in [7, 11) is 0. The summed E-state index contributed by atoms with van der Waals surface area (Å²) in [6, 6.07) is 13.0. The van der Waals surface area contributed by atoms with E-state index in [0.29, 0.717) is 17.2 Å². The topological polar surface area (TPSA) is 65.2 Å². The minimum absolute atomic E-state index is 0.161. The summed E-state index contributed by atoms with van der Waals surface area (Å²) in [6.45, 7) is 2.03. The monoisotopic (exact) mass is 294 g/mol. The number of oxazole rings is 1. The van der Waals surface area contributed by atoms with Crippen molar-refractivity contribution in [3.05, 3.63) is 60.6 Å². The van der Waals surface area contributed by atoms with E-state index in [4.69, 9.17) is 9.15 Å². The molecule has 0 bridgehead atoms. The molecule has 3 aromatic rings. The minimum atomic E-state index is -0.507. The van der Waals surface area contributed by atoms with Gasteiger partial charge in [0.05, 0.1) is 6.61 Å². The van der Waals surface area contributed by atoms with Crippen molar-refractivity contribution in [3.63, 3.8) is 0 Å². The van der Waals surface area contributed by atoms with Gasteiger partial charge in [0.2, 0.25) is 5.89 Å². The van der Waals surface area contributed by atoms with Crippen LogP contribution in [0.5, 0.6) is 0 Å². The molecule has 0 saturated carbocycles. The second kappa shape index (κ2) is 6.22. The molecular formula is C17H14N2O3. The van der Waals surface area contributed by atoms with Gasteiger partial charge in [-0.05, 0) is 31.2 Å². The zero-order valence-corrected chi connectivity index (χ0v) is 12.0. The standard InChI is InChI=1S/C17H14N2O3/c1-2-21-17(20)14-15(13-9-6-10-18-11-13)22-16(19-14)12-7-4-3-5-8-12/h3-11H,2H2,1H3. The van der Waals surface area contributed by atoms with Crippen LogP contribution in [0.25, 0.3) is 22.8 Å². The van der Waals surface area contributed by atoms with Crippen molar-refractivity contribution in [1.82, 2.24) is 9.97 Å². The lowest BCUT2D eigenvalue weighted by atomic mass is 10.2. The van der Waals surface area contributed by atoms with Crippen molar-refractivity contribution in [1.29, 1.82) is 0 Å². The van der Waals surface area contributed by atoms with Gasteiger partial charge in [-0.25, -0.2) is 9.78 Å². The number of hydrogen-bond donors (Lipinski definition) is 0. The highest BCUT2D eigenvalue weighted by Gasteiger charge is 2.23. The molecule has 0 aliphatic carbocycles. The Balaban J connectivity index is 2.11. The van der Waals surface area contributed by atoms with Crippen LogP contribution in [-0.4, -0.2) is 22.5 Å². The lowest BCUT2D eigenvalue weighted by Gasteiger charge is -2.00. The van der Waals surface area contributed by atoms with Crippen molar-refractivity contribution in [3.8, 4) is 22.8 Å². The van der Waals surface area contributed by atoms with Crippen LogP contribution in [0, 0.1) is 0 Å². The molecule has 0 saturated heterocycles. The Bertz CT molecular complexity index is 767. The van der Waals surface area contributed by atoms with Crippen molar-refractivity contribution in [2.24, 2.45) is 0 Å². The third-order valence-corrected chi connectivity index (χ3v) is 3.04. The van der Waals surface area contributed by atoms with Gasteiger partial charge in [0.25, 0.3) is 0 Å². The van der Waals surface area contributed by atoms with Crippen LogP contribution in [0.15, 0.2) is 59.3 Å². The molecule has 0 aliphatic rings. The Morgan fingerprint density at radius 2 is 1.91 bits per heavy atom. The fraction of sp³-hybridized carbons (Fsp3) is 0.118. The number of esters is 1. The molecule has 0 amide bonds. The number of rotatable bonds is 4. The number of carbonyl (C=O) groups is 1. The molecular weight excluding hydrogens is 280 g/mol. The fourth-order valence-corrected chi connectivity index (χ4v) is 2.05. The van der Waals surface area contributed by atoms with E-state index in [-0.39, 0.29) is 12.3 Å². The average Bonchev–Trinajstić information content (AvgIpc) is 3.02. The highest BCUT2D eigenvalue weighted by Crippen LogP contribution is 2.29. The molecule has 5 heteroatoms. The van der Waals surface area contributed by atoms with Crippen LogP contribution < -0.4 is 0 Å². The maximum atomic E-state index is 12.1. The van der Waals surface area contributed by atoms with Gasteiger partial charge in [-0.1, -0.05) is 18.2 Å². The number of ether oxygens (including phenoxy) is 1. The SMILES string of the molecule is CCOC(=O)c1nc(-c2ccccc2)oc1-c1cccnc1. The van der Waals surface area contributed by atoms with E-state index < -0.39 is 5.97 Å². The fourth-order valence-electron chi connectivity index (χ4n) is 2.05. The van der Waals surface area contributed by atoms with E-state index in [1.165, 1.54) is 0 Å². The van der Waals surface area contributed by atoms with E-state index in [2.05, 4.69) is 9.97 Å². The van der Waals surface area contributed by atoms with Gasteiger partial charge in [0, 0.05) is 23.5 Å². The predicted molar refractivity (Wildman–Crippen MR) is 81.1 cm³/mol. The van der Waals surface area contributed by atoms with Gasteiger partial charge in [0.15, 0.2) is 11.5 Å². The Hall–Kier alpha value is -2.95. The number of benzene rings is 1. The molecule has 110 valence electrons. The first kappa shape index (κ1) is 14.0. The van der Waals surface area contributed by atoms with Gasteiger partial charge in [0.1, 0.15) is 0 Å². The number of carbonyl (C=O) groups excluding carboxylic acids is 1. The highest BCUT2D eigenvalue weighted by atomic mass is 16.5. The third-order valence-electron chi connectivity index (χ3n) is 3.04. The number of hydrogen-bond acceptors (Lipinski definition) is 5. The Labute approximate surface area is 127 Å². The van der Waals surface area contributed by atoms with Gasteiger partial charge in [-0.3, -0.25) is 4.98 Å². The number of pyridine rings is 1. The molecule has 0 spiro atoms. The molecule has 22 heavy (non-hydrogen) atoms. The Morgan fingerprint density at radius 1 is 1.14 bits per heavy atom. The van der Waals surface area contributed by atoms with Gasteiger partial charge >= 0.3 is 5.97 Å². The summed E-state index contributed by atoms with van der Waals surface area (Å²) >= 11 is 0. The molecule has 2 heterocycles. The van der Waals surface area contributed by atoms with Crippen LogP contribution in [0.2, 0.25) is 0 Å². The van der Waals surface area contributed by atoms with Gasteiger partial charge in [-0.2, -0.15) is 0 Å². The number of nitrogens with zero attached hydrogens (tertiary/aromatic N) is 2. The maximum Gasteiger partial charge on any atom is 0.361 e. The molecule has 1 aromatic carbocycles. The van der Waals surface area contributed by atoms with Crippen LogP contribution >= 0.6 is 0 Å². The molecule has 0 radical (unpaired) electrons. The first-order valence-corrected chi connectivity index (χ1v) is 6.93. The van der Waals surface area contributed by atoms with Crippen molar-refractivity contribution in [2.45, 2.75) is 6.92 Å². The predicted octanol–water partition coefficient (Wildman–Crippen LogP) is 3.58. The van der Waals surface area contributed by atoms with Gasteiger partial charge in [-0.15, -0.1) is 0 Å². The normalized spacial score (nSPS) is 10.4. The van der Waals surface area contributed by atoms with E-state index in [0.717, 1.165) is 5.56 Å². The van der Waals surface area contributed by atoms with Crippen molar-refractivity contribution >= 4 is 5.97 Å². The second-order valence-corrected chi connectivity index (χ2v) is 4.52. The summed E-state index contributed by atoms with van der Waals surface area (Å²) in [4.78, 5) is 20.5. The summed E-state index contributed by atoms with van der Waals surface area (Å²) < 4.78 is 10.9. The van der Waals surface area contributed by atoms with Crippen LogP contribution in [-0.2, 0) is 4.74 Å². The van der Waals surface area contributed by atoms with Crippen molar-refractivity contribution in [2.75, 3.05) is 6.61 Å². The maximum absolute atomic E-state index is 12.1. The number of aromatic nitrogens is 2. The molecule has 3 rings (SSSR count). The first-order valence-electron chi connectivity index (χ1n) is 6.93. The highest BCUT2D eigenvalue weighted by molar-refractivity contribution is 5.94. The van der Waals surface area contributed by atoms with E-state index in [1.54, 1.807) is 25.4 Å². The second-order valence-electron chi connectivity index (χ2n) is 4.52. The Morgan fingerprint density at radius 3 is 2.59 bits per heavy atom. The summed E-state index contributed by atoms with van der Waals surface area (Å²) in [5.41, 5.74) is 1.64. The molecule has 0 aliphatic heterocycles. The smallest absolute Gasteiger partial charge is 0.361 e. The van der Waals surface area contributed by atoms with Gasteiger partial charge < -0.3 is 9.15 Å². The lowest BCUT2D eigenvalue weighted by Crippen LogP contribution is -2.06. The van der Waals surface area contributed by atoms with Crippen LogP contribution in [0.3, 0.4) is 0 Å². The summed E-state index contributed by atoms with van der Waals surface area (Å²) in [5, 5.41) is 0. The van der Waals surface area contributed by atoms with E-state index >= 15 is 0 Å². The third kappa shape index (κ3) is 2.74. The zero-order chi connectivity index (χ0) is 15.4.